The van der Waals surface area contributed by atoms with Crippen LogP contribution < -0.4 is 9.47 Å². The van der Waals surface area contributed by atoms with Crippen LogP contribution in [0.25, 0.3) is 0 Å². The van der Waals surface area contributed by atoms with Gasteiger partial charge in [-0.1, -0.05) is 37.4 Å². The van der Waals surface area contributed by atoms with Gasteiger partial charge in [0.05, 0.1) is 25.4 Å². The average molecular weight is 661 g/mol. The first-order valence-corrected chi connectivity index (χ1v) is 17.5. The second-order valence-corrected chi connectivity index (χ2v) is 14.0. The monoisotopic (exact) mass is 660 g/mol. The summed E-state index contributed by atoms with van der Waals surface area (Å²) >= 11 is 0. The Hall–Kier alpha value is -3.62. The Morgan fingerprint density at radius 1 is 0.625 bits per heavy atom. The van der Waals surface area contributed by atoms with Crippen LogP contribution in [-0.4, -0.2) is 62.8 Å². The maximum Gasteiger partial charge on any atom is 0.330 e. The average Bonchev–Trinajstić information content (AvgIpc) is 3.08. The van der Waals surface area contributed by atoms with E-state index >= 15 is 0 Å². The quantitative estimate of drug-likeness (QED) is 0.122. The van der Waals surface area contributed by atoms with Crippen LogP contribution in [0, 0.1) is 23.7 Å². The number of benzene rings is 2. The lowest BCUT2D eigenvalue weighted by molar-refractivity contribution is -0.147. The van der Waals surface area contributed by atoms with Gasteiger partial charge in [0.1, 0.15) is 36.9 Å². The summed E-state index contributed by atoms with van der Waals surface area (Å²) in [5, 5.41) is 0. The molecule has 4 fully saturated rings. The summed E-state index contributed by atoms with van der Waals surface area (Å²) in [6, 6.07) is 17.5. The van der Waals surface area contributed by atoms with Crippen molar-refractivity contribution in [1.82, 2.24) is 0 Å². The molecule has 0 heterocycles. The van der Waals surface area contributed by atoms with Gasteiger partial charge in [0.25, 0.3) is 0 Å². The van der Waals surface area contributed by atoms with Gasteiger partial charge in [-0.25, -0.2) is 9.59 Å². The molecule has 4 atom stereocenters. The molecule has 0 saturated heterocycles. The summed E-state index contributed by atoms with van der Waals surface area (Å²) in [5.74, 6) is 3.64. The smallest absolute Gasteiger partial charge is 0.330 e. The van der Waals surface area contributed by atoms with Crippen LogP contribution in [0.3, 0.4) is 0 Å². The summed E-state index contributed by atoms with van der Waals surface area (Å²) in [7, 11) is 0. The van der Waals surface area contributed by atoms with E-state index in [0.717, 1.165) is 35.5 Å². The summed E-state index contributed by atoms with van der Waals surface area (Å²) < 4.78 is 34.2. The van der Waals surface area contributed by atoms with Crippen LogP contribution >= 0.6 is 0 Å². The normalized spacial score (nSPS) is 26.5. The van der Waals surface area contributed by atoms with E-state index in [1.807, 2.05) is 13.8 Å². The Labute approximate surface area is 285 Å². The summed E-state index contributed by atoms with van der Waals surface area (Å²) in [6.07, 6.45) is 7.81. The Balaban J connectivity index is 1.22. The fourth-order valence-electron chi connectivity index (χ4n) is 8.37. The van der Waals surface area contributed by atoms with Crippen molar-refractivity contribution in [2.24, 2.45) is 23.7 Å². The summed E-state index contributed by atoms with van der Waals surface area (Å²) in [6.45, 7) is 15.7. The van der Waals surface area contributed by atoms with Gasteiger partial charge in [-0.15, -0.1) is 0 Å². The Bertz CT molecular complexity index is 1270. The van der Waals surface area contributed by atoms with Gasteiger partial charge in [-0.3, -0.25) is 0 Å². The lowest BCUT2D eigenvalue weighted by Gasteiger charge is -2.62. The Morgan fingerprint density at radius 3 is 1.35 bits per heavy atom. The van der Waals surface area contributed by atoms with Crippen LogP contribution in [-0.2, 0) is 34.0 Å². The first-order chi connectivity index (χ1) is 23.1. The molecule has 2 aromatic rings. The SMILES string of the molecule is C=CC(=O)OC(C)COC(C)COc1ccc(C2(c3ccc(OCC(C)OCC(C)OC(=O)C=C)cc3)C3CC4CC(C3)CC2C4)cc1. The predicted octanol–water partition coefficient (Wildman–Crippen LogP) is 7.23. The highest BCUT2D eigenvalue weighted by molar-refractivity contribution is 5.81. The molecule has 8 heteroatoms. The van der Waals surface area contributed by atoms with Crippen molar-refractivity contribution in [3.05, 3.63) is 85.0 Å². The summed E-state index contributed by atoms with van der Waals surface area (Å²) in [4.78, 5) is 22.8. The molecule has 0 amide bonds. The van der Waals surface area contributed by atoms with Gasteiger partial charge in [0, 0.05) is 17.6 Å². The van der Waals surface area contributed by atoms with E-state index in [-0.39, 0.29) is 29.8 Å². The number of carbonyl (C=O) groups is 2. The molecule has 48 heavy (non-hydrogen) atoms. The molecule has 260 valence electrons. The number of ether oxygens (including phenoxy) is 6. The third-order valence-electron chi connectivity index (χ3n) is 10.3. The minimum absolute atomic E-state index is 0.0324. The standard InChI is InChI=1S/C40H52O8/c1-7-38(41)47-28(5)24-43-26(3)22-45-36-13-9-32(10-14-36)40(34-18-30-17-31(20-34)21-35(40)19-30)33-11-15-37(16-12-33)46-23-27(4)44-25-29(6)48-39(42)8-2/h7-16,26-31,34-35H,1-2,17-25H2,3-6H3. The lowest BCUT2D eigenvalue weighted by Crippen LogP contribution is -2.56. The van der Waals surface area contributed by atoms with Gasteiger partial charge in [-0.2, -0.15) is 0 Å². The molecule has 0 N–H and O–H groups in total. The number of hydrogen-bond donors (Lipinski definition) is 0. The van der Waals surface area contributed by atoms with Crippen molar-refractivity contribution in [1.29, 1.82) is 0 Å². The van der Waals surface area contributed by atoms with Gasteiger partial charge in [-0.05, 0) is 119 Å². The van der Waals surface area contributed by atoms with Gasteiger partial charge in [0.15, 0.2) is 0 Å². The molecule has 0 aromatic heterocycles. The minimum Gasteiger partial charge on any atom is -0.491 e. The molecular weight excluding hydrogens is 608 g/mol. The molecule has 4 bridgehead atoms. The van der Waals surface area contributed by atoms with E-state index < -0.39 is 11.9 Å². The Kier molecular flexibility index (Phi) is 12.0. The first-order valence-electron chi connectivity index (χ1n) is 17.5. The third-order valence-corrected chi connectivity index (χ3v) is 10.3. The molecule has 4 aliphatic rings. The number of rotatable bonds is 18. The van der Waals surface area contributed by atoms with E-state index in [0.29, 0.717) is 38.3 Å². The highest BCUT2D eigenvalue weighted by Crippen LogP contribution is 2.65. The van der Waals surface area contributed by atoms with E-state index in [1.54, 1.807) is 13.8 Å². The maximum absolute atomic E-state index is 11.4. The van der Waals surface area contributed by atoms with Crippen LogP contribution in [0.15, 0.2) is 73.8 Å². The molecule has 0 spiro atoms. The van der Waals surface area contributed by atoms with Crippen molar-refractivity contribution in [3.8, 4) is 11.5 Å². The third kappa shape index (κ3) is 8.50. The van der Waals surface area contributed by atoms with Crippen molar-refractivity contribution in [2.75, 3.05) is 26.4 Å². The molecule has 2 aromatic carbocycles. The van der Waals surface area contributed by atoms with Gasteiger partial charge < -0.3 is 28.4 Å². The topological polar surface area (TPSA) is 89.5 Å². The molecule has 8 nitrogen and oxygen atoms in total. The zero-order valence-electron chi connectivity index (χ0n) is 28.9. The van der Waals surface area contributed by atoms with Crippen molar-refractivity contribution in [2.45, 2.75) is 89.6 Å². The van der Waals surface area contributed by atoms with E-state index in [4.69, 9.17) is 28.4 Å². The second kappa shape index (κ2) is 16.2. The molecule has 4 aliphatic carbocycles. The largest absolute Gasteiger partial charge is 0.491 e. The van der Waals surface area contributed by atoms with Gasteiger partial charge >= 0.3 is 11.9 Å². The van der Waals surface area contributed by atoms with Crippen LogP contribution in [0.4, 0.5) is 0 Å². The highest BCUT2D eigenvalue weighted by atomic mass is 16.6. The van der Waals surface area contributed by atoms with E-state index in [9.17, 15) is 9.59 Å². The molecule has 6 rings (SSSR count). The Morgan fingerprint density at radius 2 is 1.00 bits per heavy atom. The maximum atomic E-state index is 11.4. The van der Waals surface area contributed by atoms with E-state index in [1.165, 1.54) is 43.2 Å². The summed E-state index contributed by atoms with van der Waals surface area (Å²) in [5.41, 5.74) is 2.70. The fraction of sp³-hybridized carbons (Fsp3) is 0.550. The van der Waals surface area contributed by atoms with Crippen molar-refractivity contribution < 1.29 is 38.0 Å². The minimum atomic E-state index is -0.454. The molecule has 0 aliphatic heterocycles. The van der Waals surface area contributed by atoms with Crippen LogP contribution in [0.5, 0.6) is 11.5 Å². The predicted molar refractivity (Wildman–Crippen MR) is 184 cm³/mol. The van der Waals surface area contributed by atoms with E-state index in [2.05, 4.69) is 61.7 Å². The second-order valence-electron chi connectivity index (χ2n) is 14.0. The zero-order valence-corrected chi connectivity index (χ0v) is 28.9. The lowest BCUT2D eigenvalue weighted by atomic mass is 9.42. The zero-order chi connectivity index (χ0) is 34.3. The van der Waals surface area contributed by atoms with Gasteiger partial charge in [0.2, 0.25) is 0 Å². The molecule has 4 saturated carbocycles. The molecular formula is C40H52O8. The number of hydrogen-bond acceptors (Lipinski definition) is 8. The highest BCUT2D eigenvalue weighted by Gasteiger charge is 2.58. The van der Waals surface area contributed by atoms with Crippen molar-refractivity contribution >= 4 is 11.9 Å². The molecule has 0 radical (unpaired) electrons. The number of esters is 2. The molecule has 4 unspecified atom stereocenters. The van der Waals surface area contributed by atoms with Crippen LogP contribution in [0.1, 0.15) is 70.9 Å². The van der Waals surface area contributed by atoms with Crippen LogP contribution in [0.2, 0.25) is 0 Å². The fourth-order valence-corrected chi connectivity index (χ4v) is 8.37. The first kappa shape index (κ1) is 35.7. The van der Waals surface area contributed by atoms with Crippen molar-refractivity contribution in [3.63, 3.8) is 0 Å². The number of carbonyl (C=O) groups excluding carboxylic acids is 2.